The molecule has 2 aromatic carbocycles. The zero-order valence-electron chi connectivity index (χ0n) is 13.2. The van der Waals surface area contributed by atoms with Crippen LogP contribution in [0.2, 0.25) is 10.0 Å². The Labute approximate surface area is 156 Å². The summed E-state index contributed by atoms with van der Waals surface area (Å²) in [6.07, 6.45) is 3.00. The Kier molecular flexibility index (Phi) is 6.24. The SMILES string of the molecule is CC(NC(=O)/C=C/c1ccc(Cl)c(Cl)c1)c1ccc(S(N)(=O)=O)cc1. The zero-order valence-corrected chi connectivity index (χ0v) is 15.6. The second-order valence-corrected chi connectivity index (χ2v) is 7.73. The molecule has 25 heavy (non-hydrogen) atoms. The molecule has 0 bridgehead atoms. The quantitative estimate of drug-likeness (QED) is 0.754. The Bertz CT molecular complexity index is 910. The van der Waals surface area contributed by atoms with Crippen LogP contribution >= 0.6 is 23.2 Å². The van der Waals surface area contributed by atoms with Crippen LogP contribution in [-0.4, -0.2) is 14.3 Å². The van der Waals surface area contributed by atoms with Gasteiger partial charge in [0.2, 0.25) is 15.9 Å². The van der Waals surface area contributed by atoms with Crippen molar-refractivity contribution in [1.29, 1.82) is 0 Å². The highest BCUT2D eigenvalue weighted by molar-refractivity contribution is 7.89. The maximum absolute atomic E-state index is 12.0. The predicted molar refractivity (Wildman–Crippen MR) is 99.9 cm³/mol. The third-order valence-corrected chi connectivity index (χ3v) is 5.11. The fraction of sp³-hybridized carbons (Fsp3) is 0.118. The molecule has 0 aliphatic heterocycles. The molecule has 132 valence electrons. The van der Waals surface area contributed by atoms with Gasteiger partial charge in [-0.25, -0.2) is 13.6 Å². The van der Waals surface area contributed by atoms with E-state index in [1.165, 1.54) is 18.2 Å². The molecule has 0 fully saturated rings. The van der Waals surface area contributed by atoms with E-state index in [1.807, 2.05) is 0 Å². The van der Waals surface area contributed by atoms with Gasteiger partial charge in [-0.05, 0) is 48.4 Å². The number of hydrogen-bond donors (Lipinski definition) is 2. The molecule has 0 saturated carbocycles. The van der Waals surface area contributed by atoms with Crippen LogP contribution in [0.3, 0.4) is 0 Å². The maximum Gasteiger partial charge on any atom is 0.244 e. The predicted octanol–water partition coefficient (Wildman–Crippen LogP) is 3.53. The van der Waals surface area contributed by atoms with Crippen molar-refractivity contribution >= 4 is 45.2 Å². The smallest absolute Gasteiger partial charge is 0.244 e. The van der Waals surface area contributed by atoms with Crippen molar-refractivity contribution < 1.29 is 13.2 Å². The lowest BCUT2D eigenvalue weighted by molar-refractivity contribution is -0.117. The van der Waals surface area contributed by atoms with E-state index >= 15 is 0 Å². The average molecular weight is 399 g/mol. The molecule has 0 saturated heterocycles. The van der Waals surface area contributed by atoms with Gasteiger partial charge in [-0.1, -0.05) is 41.4 Å². The van der Waals surface area contributed by atoms with E-state index in [-0.39, 0.29) is 16.8 Å². The standard InChI is InChI=1S/C17H16Cl2N2O3S/c1-11(13-4-6-14(7-5-13)25(20,23)24)21-17(22)9-3-12-2-8-15(18)16(19)10-12/h2-11H,1H3,(H,21,22)(H2,20,23,24)/b9-3+. The number of halogens is 2. The lowest BCUT2D eigenvalue weighted by Crippen LogP contribution is -2.24. The van der Waals surface area contributed by atoms with Crippen molar-refractivity contribution in [3.05, 3.63) is 69.7 Å². The fourth-order valence-electron chi connectivity index (χ4n) is 2.08. The number of sulfonamides is 1. The highest BCUT2D eigenvalue weighted by atomic mass is 35.5. The number of primary sulfonamides is 1. The van der Waals surface area contributed by atoms with E-state index in [0.717, 1.165) is 11.1 Å². The number of nitrogens with two attached hydrogens (primary N) is 1. The molecule has 0 radical (unpaired) electrons. The van der Waals surface area contributed by atoms with Crippen LogP contribution in [0, 0.1) is 0 Å². The molecule has 1 amide bonds. The topological polar surface area (TPSA) is 89.3 Å². The van der Waals surface area contributed by atoms with E-state index in [9.17, 15) is 13.2 Å². The second-order valence-electron chi connectivity index (χ2n) is 5.35. The van der Waals surface area contributed by atoms with Crippen LogP contribution in [0.15, 0.2) is 53.4 Å². The van der Waals surface area contributed by atoms with Crippen LogP contribution in [-0.2, 0) is 14.8 Å². The van der Waals surface area contributed by atoms with Crippen molar-refractivity contribution in [2.75, 3.05) is 0 Å². The van der Waals surface area contributed by atoms with Crippen molar-refractivity contribution in [3.63, 3.8) is 0 Å². The monoisotopic (exact) mass is 398 g/mol. The van der Waals surface area contributed by atoms with E-state index in [0.29, 0.717) is 10.0 Å². The van der Waals surface area contributed by atoms with Gasteiger partial charge in [0.15, 0.2) is 0 Å². The molecular weight excluding hydrogens is 383 g/mol. The number of rotatable bonds is 5. The Hall–Kier alpha value is -1.86. The Balaban J connectivity index is 2.02. The van der Waals surface area contributed by atoms with Gasteiger partial charge >= 0.3 is 0 Å². The summed E-state index contributed by atoms with van der Waals surface area (Å²) < 4.78 is 22.5. The molecule has 0 spiro atoms. The minimum absolute atomic E-state index is 0.0225. The second kappa shape index (κ2) is 8.01. The van der Waals surface area contributed by atoms with Crippen molar-refractivity contribution in [2.24, 2.45) is 5.14 Å². The summed E-state index contributed by atoms with van der Waals surface area (Å²) in [5.74, 6) is -0.297. The van der Waals surface area contributed by atoms with E-state index in [2.05, 4.69) is 5.32 Å². The lowest BCUT2D eigenvalue weighted by atomic mass is 10.1. The molecular formula is C17H16Cl2N2O3S. The van der Waals surface area contributed by atoms with E-state index < -0.39 is 10.0 Å². The molecule has 1 unspecified atom stereocenters. The molecule has 8 heteroatoms. The molecule has 5 nitrogen and oxygen atoms in total. The first kappa shape index (κ1) is 19.5. The number of amides is 1. The first-order valence-corrected chi connectivity index (χ1v) is 9.53. The largest absolute Gasteiger partial charge is 0.346 e. The van der Waals surface area contributed by atoms with Gasteiger partial charge in [0, 0.05) is 6.08 Å². The molecule has 3 N–H and O–H groups in total. The first-order chi connectivity index (χ1) is 11.7. The van der Waals surface area contributed by atoms with Crippen LogP contribution < -0.4 is 10.5 Å². The van der Waals surface area contributed by atoms with Crippen LogP contribution in [0.25, 0.3) is 6.08 Å². The lowest BCUT2D eigenvalue weighted by Gasteiger charge is -2.13. The highest BCUT2D eigenvalue weighted by Gasteiger charge is 2.11. The molecule has 0 aliphatic carbocycles. The summed E-state index contributed by atoms with van der Waals surface area (Å²) in [7, 11) is -3.73. The van der Waals surface area contributed by atoms with E-state index in [1.54, 1.807) is 43.3 Å². The molecule has 1 atom stereocenters. The van der Waals surface area contributed by atoms with Gasteiger partial charge in [-0.15, -0.1) is 0 Å². The van der Waals surface area contributed by atoms with Crippen molar-refractivity contribution in [2.45, 2.75) is 17.9 Å². The fourth-order valence-corrected chi connectivity index (χ4v) is 2.90. The number of hydrogen-bond acceptors (Lipinski definition) is 3. The average Bonchev–Trinajstić information content (AvgIpc) is 2.55. The Morgan fingerprint density at radius 2 is 1.76 bits per heavy atom. The summed E-state index contributed by atoms with van der Waals surface area (Å²) >= 11 is 11.8. The molecule has 2 aromatic rings. The number of benzene rings is 2. The van der Waals surface area contributed by atoms with Gasteiger partial charge in [-0.3, -0.25) is 4.79 Å². The summed E-state index contributed by atoms with van der Waals surface area (Å²) in [4.78, 5) is 12.0. The molecule has 0 heterocycles. The van der Waals surface area contributed by atoms with Crippen LogP contribution in [0.1, 0.15) is 24.1 Å². The van der Waals surface area contributed by atoms with Crippen LogP contribution in [0.5, 0.6) is 0 Å². The Morgan fingerprint density at radius 1 is 1.12 bits per heavy atom. The Morgan fingerprint density at radius 3 is 2.32 bits per heavy atom. The minimum atomic E-state index is -3.73. The summed E-state index contributed by atoms with van der Waals surface area (Å²) in [6.45, 7) is 1.79. The third-order valence-electron chi connectivity index (χ3n) is 3.44. The molecule has 0 aliphatic rings. The number of nitrogens with one attached hydrogen (secondary N) is 1. The highest BCUT2D eigenvalue weighted by Crippen LogP contribution is 2.23. The number of carbonyl (C=O) groups is 1. The van der Waals surface area contributed by atoms with Crippen molar-refractivity contribution in [3.8, 4) is 0 Å². The first-order valence-electron chi connectivity index (χ1n) is 7.23. The van der Waals surface area contributed by atoms with Gasteiger partial charge in [0.05, 0.1) is 21.0 Å². The normalized spacial score (nSPS) is 13.0. The minimum Gasteiger partial charge on any atom is -0.346 e. The van der Waals surface area contributed by atoms with Crippen molar-refractivity contribution in [1.82, 2.24) is 5.32 Å². The van der Waals surface area contributed by atoms with Crippen LogP contribution in [0.4, 0.5) is 0 Å². The van der Waals surface area contributed by atoms with Gasteiger partial charge < -0.3 is 5.32 Å². The zero-order chi connectivity index (χ0) is 18.6. The van der Waals surface area contributed by atoms with Gasteiger partial charge in [-0.2, -0.15) is 0 Å². The van der Waals surface area contributed by atoms with E-state index in [4.69, 9.17) is 28.3 Å². The molecule has 2 rings (SSSR count). The number of carbonyl (C=O) groups excluding carboxylic acids is 1. The molecule has 0 aromatic heterocycles. The summed E-state index contributed by atoms with van der Waals surface area (Å²) in [5.41, 5.74) is 1.50. The van der Waals surface area contributed by atoms with Gasteiger partial charge in [0.1, 0.15) is 0 Å². The van der Waals surface area contributed by atoms with Gasteiger partial charge in [0.25, 0.3) is 0 Å². The summed E-state index contributed by atoms with van der Waals surface area (Å²) in [6, 6.07) is 10.8. The third kappa shape index (κ3) is 5.57. The summed E-state index contributed by atoms with van der Waals surface area (Å²) in [5, 5.41) is 8.69. The maximum atomic E-state index is 12.0.